The maximum absolute atomic E-state index is 11.5. The number of carbonyl (C=O) groups is 1. The van der Waals surface area contributed by atoms with E-state index in [0.29, 0.717) is 6.04 Å². The van der Waals surface area contributed by atoms with Gasteiger partial charge in [0.25, 0.3) is 0 Å². The van der Waals surface area contributed by atoms with Crippen molar-refractivity contribution in [2.75, 3.05) is 6.54 Å². The molecule has 2 heteroatoms. The Morgan fingerprint density at radius 3 is 2.53 bits per heavy atom. The molecule has 0 aromatic heterocycles. The van der Waals surface area contributed by atoms with Crippen molar-refractivity contribution in [2.24, 2.45) is 17.8 Å². The van der Waals surface area contributed by atoms with E-state index >= 15 is 0 Å². The predicted octanol–water partition coefficient (Wildman–Crippen LogP) is 2.68. The zero-order valence-corrected chi connectivity index (χ0v) is 10.2. The molecule has 1 aliphatic carbocycles. The minimum Gasteiger partial charge on any atom is -0.340 e. The van der Waals surface area contributed by atoms with Gasteiger partial charge in [0.05, 0.1) is 0 Å². The summed E-state index contributed by atoms with van der Waals surface area (Å²) in [5.74, 6) is 2.85. The molecule has 0 bridgehead atoms. The Bertz CT molecular complexity index is 251. The Hall–Kier alpha value is -0.530. The van der Waals surface area contributed by atoms with E-state index in [1.807, 2.05) is 0 Å². The van der Waals surface area contributed by atoms with Crippen LogP contribution < -0.4 is 0 Å². The van der Waals surface area contributed by atoms with E-state index in [1.54, 1.807) is 6.92 Å². The normalized spacial score (nSPS) is 41.1. The van der Waals surface area contributed by atoms with Crippen molar-refractivity contribution in [1.29, 1.82) is 0 Å². The highest BCUT2D eigenvalue weighted by Crippen LogP contribution is 2.40. The van der Waals surface area contributed by atoms with Crippen LogP contribution in [0.2, 0.25) is 0 Å². The molecule has 86 valence electrons. The van der Waals surface area contributed by atoms with Crippen LogP contribution in [0.5, 0.6) is 0 Å². The van der Waals surface area contributed by atoms with Crippen LogP contribution in [0.15, 0.2) is 0 Å². The molecule has 2 rings (SSSR count). The first-order valence-corrected chi connectivity index (χ1v) is 6.35. The molecule has 0 radical (unpaired) electrons. The molecule has 0 N–H and O–H groups in total. The largest absolute Gasteiger partial charge is 0.340 e. The first kappa shape index (κ1) is 11.0. The van der Waals surface area contributed by atoms with Crippen LogP contribution in [0.25, 0.3) is 0 Å². The van der Waals surface area contributed by atoms with E-state index in [1.165, 1.54) is 25.7 Å². The Labute approximate surface area is 93.0 Å². The van der Waals surface area contributed by atoms with Gasteiger partial charge in [0.2, 0.25) is 5.91 Å². The number of nitrogens with zero attached hydrogens (tertiary/aromatic N) is 1. The number of hydrogen-bond acceptors (Lipinski definition) is 1. The lowest BCUT2D eigenvalue weighted by Crippen LogP contribution is -2.49. The first-order valence-electron chi connectivity index (χ1n) is 6.35. The summed E-state index contributed by atoms with van der Waals surface area (Å²) >= 11 is 0. The fourth-order valence-electron chi connectivity index (χ4n) is 3.53. The summed E-state index contributed by atoms with van der Waals surface area (Å²) in [5.41, 5.74) is 0. The molecule has 1 saturated heterocycles. The van der Waals surface area contributed by atoms with Crippen LogP contribution in [0.1, 0.15) is 46.5 Å². The monoisotopic (exact) mass is 209 g/mol. The van der Waals surface area contributed by atoms with Gasteiger partial charge in [0.1, 0.15) is 0 Å². The van der Waals surface area contributed by atoms with Gasteiger partial charge in [-0.1, -0.05) is 13.3 Å². The van der Waals surface area contributed by atoms with Gasteiger partial charge in [-0.15, -0.1) is 0 Å². The van der Waals surface area contributed by atoms with Crippen LogP contribution in [0.3, 0.4) is 0 Å². The number of likely N-dealkylation sites (tertiary alicyclic amines) is 1. The van der Waals surface area contributed by atoms with E-state index in [4.69, 9.17) is 0 Å². The second-order valence-electron chi connectivity index (χ2n) is 5.69. The summed E-state index contributed by atoms with van der Waals surface area (Å²) in [6.07, 6.45) is 5.32. The van der Waals surface area contributed by atoms with Gasteiger partial charge in [0.15, 0.2) is 0 Å². The zero-order chi connectivity index (χ0) is 11.0. The SMILES string of the molecule is CC(=O)N1CC2CC[C@H](C)CC2C[C@@H]1C. The van der Waals surface area contributed by atoms with Crippen molar-refractivity contribution in [2.45, 2.75) is 52.5 Å². The van der Waals surface area contributed by atoms with Crippen molar-refractivity contribution in [3.63, 3.8) is 0 Å². The molecule has 2 fully saturated rings. The van der Waals surface area contributed by atoms with Crippen molar-refractivity contribution < 1.29 is 4.79 Å². The van der Waals surface area contributed by atoms with E-state index < -0.39 is 0 Å². The molecule has 4 atom stereocenters. The number of hydrogen-bond donors (Lipinski definition) is 0. The van der Waals surface area contributed by atoms with E-state index in [9.17, 15) is 4.79 Å². The third kappa shape index (κ3) is 2.19. The van der Waals surface area contributed by atoms with Crippen LogP contribution in [0.4, 0.5) is 0 Å². The maximum atomic E-state index is 11.5. The van der Waals surface area contributed by atoms with Gasteiger partial charge in [-0.2, -0.15) is 0 Å². The molecule has 2 nitrogen and oxygen atoms in total. The molecule has 15 heavy (non-hydrogen) atoms. The summed E-state index contributed by atoms with van der Waals surface area (Å²) in [4.78, 5) is 13.6. The Morgan fingerprint density at radius 1 is 1.13 bits per heavy atom. The molecule has 2 aliphatic rings. The average molecular weight is 209 g/mol. The van der Waals surface area contributed by atoms with Crippen molar-refractivity contribution >= 4 is 5.91 Å². The van der Waals surface area contributed by atoms with Crippen molar-refractivity contribution in [3.05, 3.63) is 0 Å². The Morgan fingerprint density at radius 2 is 1.87 bits per heavy atom. The number of amides is 1. The van der Waals surface area contributed by atoms with Crippen LogP contribution >= 0.6 is 0 Å². The highest BCUT2D eigenvalue weighted by Gasteiger charge is 2.37. The highest BCUT2D eigenvalue weighted by molar-refractivity contribution is 5.73. The van der Waals surface area contributed by atoms with Crippen LogP contribution in [-0.2, 0) is 4.79 Å². The van der Waals surface area contributed by atoms with Crippen LogP contribution in [-0.4, -0.2) is 23.4 Å². The molecule has 2 unspecified atom stereocenters. The second-order valence-corrected chi connectivity index (χ2v) is 5.69. The minimum atomic E-state index is 0.263. The van der Waals surface area contributed by atoms with Crippen molar-refractivity contribution in [1.82, 2.24) is 4.90 Å². The Balaban J connectivity index is 2.02. The number of piperidine rings is 1. The quantitative estimate of drug-likeness (QED) is 0.600. The van der Waals surface area contributed by atoms with Crippen molar-refractivity contribution in [3.8, 4) is 0 Å². The van der Waals surface area contributed by atoms with E-state index in [-0.39, 0.29) is 5.91 Å². The smallest absolute Gasteiger partial charge is 0.219 e. The summed E-state index contributed by atoms with van der Waals surface area (Å²) in [7, 11) is 0. The van der Waals surface area contributed by atoms with Gasteiger partial charge in [-0.3, -0.25) is 4.79 Å². The summed E-state index contributed by atoms with van der Waals surface area (Å²) in [6.45, 7) is 7.31. The molecular formula is C13H23NO. The lowest BCUT2D eigenvalue weighted by molar-refractivity contribution is -0.135. The lowest BCUT2D eigenvalue weighted by Gasteiger charge is -2.46. The van der Waals surface area contributed by atoms with E-state index in [2.05, 4.69) is 18.7 Å². The maximum Gasteiger partial charge on any atom is 0.219 e. The second kappa shape index (κ2) is 4.15. The minimum absolute atomic E-state index is 0.263. The standard InChI is InChI=1S/C13H23NO/c1-9-4-5-12-8-14(11(3)15)10(2)7-13(12)6-9/h9-10,12-13H,4-8H2,1-3H3/t9-,10-,12?,13?/m0/s1. The summed E-state index contributed by atoms with van der Waals surface area (Å²) in [5, 5.41) is 0. The molecule has 0 aromatic rings. The van der Waals surface area contributed by atoms with Gasteiger partial charge in [0, 0.05) is 19.5 Å². The van der Waals surface area contributed by atoms with Gasteiger partial charge in [-0.05, 0) is 43.9 Å². The molecule has 1 heterocycles. The first-order chi connectivity index (χ1) is 7.08. The Kier molecular flexibility index (Phi) is 3.03. The van der Waals surface area contributed by atoms with E-state index in [0.717, 1.165) is 24.3 Å². The molecular weight excluding hydrogens is 186 g/mol. The fraction of sp³-hybridized carbons (Fsp3) is 0.923. The molecule has 1 aliphatic heterocycles. The summed E-state index contributed by atoms with van der Waals surface area (Å²) in [6, 6.07) is 0.467. The third-order valence-electron chi connectivity index (χ3n) is 4.41. The van der Waals surface area contributed by atoms with Gasteiger partial charge < -0.3 is 4.90 Å². The van der Waals surface area contributed by atoms with Gasteiger partial charge >= 0.3 is 0 Å². The number of fused-ring (bicyclic) bond motifs is 1. The van der Waals surface area contributed by atoms with Crippen LogP contribution in [0, 0.1) is 17.8 Å². The zero-order valence-electron chi connectivity index (χ0n) is 10.2. The molecule has 1 saturated carbocycles. The average Bonchev–Trinajstić information content (AvgIpc) is 2.15. The molecule has 0 aromatic carbocycles. The predicted molar refractivity (Wildman–Crippen MR) is 61.5 cm³/mol. The number of carbonyl (C=O) groups excluding carboxylic acids is 1. The topological polar surface area (TPSA) is 20.3 Å². The lowest BCUT2D eigenvalue weighted by atomic mass is 9.70. The van der Waals surface area contributed by atoms with Gasteiger partial charge in [-0.25, -0.2) is 0 Å². The number of rotatable bonds is 0. The molecule has 0 spiro atoms. The summed E-state index contributed by atoms with van der Waals surface area (Å²) < 4.78 is 0. The fourth-order valence-corrected chi connectivity index (χ4v) is 3.53. The highest BCUT2D eigenvalue weighted by atomic mass is 16.2. The third-order valence-corrected chi connectivity index (χ3v) is 4.41. The molecule has 1 amide bonds.